The van der Waals surface area contributed by atoms with Crippen LogP contribution in [0, 0.1) is 0 Å². The average molecular weight is 286 g/mol. The largest absolute Gasteiger partial charge is 0.490 e. The Balaban J connectivity index is 1.66. The smallest absolute Gasteiger partial charge is 0.166 e. The Bertz CT molecular complexity index is 625. The predicted octanol–water partition coefficient (Wildman–Crippen LogP) is 3.23. The first kappa shape index (κ1) is 14.1. The van der Waals surface area contributed by atoms with Crippen molar-refractivity contribution in [1.29, 1.82) is 0 Å². The van der Waals surface area contributed by atoms with Gasteiger partial charge in [0.2, 0.25) is 0 Å². The van der Waals surface area contributed by atoms with Crippen molar-refractivity contribution in [2.75, 3.05) is 13.1 Å². The van der Waals surface area contributed by atoms with Crippen molar-refractivity contribution in [3.05, 3.63) is 30.0 Å². The van der Waals surface area contributed by atoms with Gasteiger partial charge in [0.1, 0.15) is 11.9 Å². The number of aromatic amines is 1. The number of nitrogens with zero attached hydrogens (tertiary/aromatic N) is 1. The molecule has 112 valence electrons. The van der Waals surface area contributed by atoms with E-state index in [1.807, 2.05) is 24.3 Å². The summed E-state index contributed by atoms with van der Waals surface area (Å²) in [7, 11) is 0. The van der Waals surface area contributed by atoms with Gasteiger partial charge < -0.3 is 14.6 Å². The molecule has 0 atom stereocenters. The third kappa shape index (κ3) is 3.10. The van der Waals surface area contributed by atoms with Crippen LogP contribution in [0.15, 0.2) is 24.3 Å². The van der Waals surface area contributed by atoms with Gasteiger partial charge in [0, 0.05) is 30.0 Å². The molecule has 1 aliphatic heterocycles. The lowest BCUT2D eigenvalue weighted by molar-refractivity contribution is 0.0844. The number of carbonyl (C=O) groups excluding carboxylic acids is 1. The van der Waals surface area contributed by atoms with Crippen LogP contribution in [-0.4, -0.2) is 41.4 Å². The maximum absolute atomic E-state index is 10.8. The van der Waals surface area contributed by atoms with Crippen LogP contribution >= 0.6 is 0 Å². The van der Waals surface area contributed by atoms with E-state index in [1.54, 1.807) is 0 Å². The van der Waals surface area contributed by atoms with Crippen molar-refractivity contribution in [3.8, 4) is 5.75 Å². The fraction of sp³-hybridized carbons (Fsp3) is 0.471. The van der Waals surface area contributed by atoms with Crippen molar-refractivity contribution in [2.45, 2.75) is 38.8 Å². The van der Waals surface area contributed by atoms with Crippen molar-refractivity contribution in [2.24, 2.45) is 0 Å². The fourth-order valence-corrected chi connectivity index (χ4v) is 2.97. The van der Waals surface area contributed by atoms with E-state index in [1.165, 1.54) is 0 Å². The average Bonchev–Trinajstić information content (AvgIpc) is 2.90. The Hall–Kier alpha value is -1.81. The number of likely N-dealkylation sites (tertiary alicyclic amines) is 1. The van der Waals surface area contributed by atoms with E-state index in [4.69, 9.17) is 4.74 Å². The molecule has 1 saturated heterocycles. The Labute approximate surface area is 125 Å². The van der Waals surface area contributed by atoms with Crippen LogP contribution in [0.4, 0.5) is 0 Å². The number of piperidine rings is 1. The lowest BCUT2D eigenvalue weighted by atomic mass is 10.1. The van der Waals surface area contributed by atoms with E-state index >= 15 is 0 Å². The van der Waals surface area contributed by atoms with E-state index in [9.17, 15) is 4.79 Å². The molecule has 1 N–H and O–H groups in total. The summed E-state index contributed by atoms with van der Waals surface area (Å²) in [5.41, 5.74) is 1.58. The van der Waals surface area contributed by atoms with Crippen molar-refractivity contribution >= 4 is 17.2 Å². The van der Waals surface area contributed by atoms with E-state index in [0.717, 1.165) is 48.9 Å². The summed E-state index contributed by atoms with van der Waals surface area (Å²) >= 11 is 0. The van der Waals surface area contributed by atoms with Crippen LogP contribution in [0.1, 0.15) is 37.2 Å². The molecule has 0 amide bonds. The standard InChI is InChI=1S/C17H22N2O2/c1-12(2)19-7-5-15(6-8-19)21-16-3-4-17-13(10-16)9-14(11-20)18-17/h3-4,9-12,15,18H,5-8H2,1-2H3. The quantitative estimate of drug-likeness (QED) is 0.878. The summed E-state index contributed by atoms with van der Waals surface area (Å²) in [6, 6.07) is 8.43. The number of hydrogen-bond donors (Lipinski definition) is 1. The normalized spacial score (nSPS) is 17.5. The number of ether oxygens (including phenoxy) is 1. The van der Waals surface area contributed by atoms with Crippen molar-refractivity contribution in [3.63, 3.8) is 0 Å². The SMILES string of the molecule is CC(C)N1CCC(Oc2ccc3[nH]c(C=O)cc3c2)CC1. The number of fused-ring (bicyclic) bond motifs is 1. The summed E-state index contributed by atoms with van der Waals surface area (Å²) in [6.07, 6.45) is 3.27. The Kier molecular flexibility index (Phi) is 3.97. The molecule has 4 nitrogen and oxygen atoms in total. The molecule has 2 heterocycles. The highest BCUT2D eigenvalue weighted by Crippen LogP contribution is 2.24. The molecule has 21 heavy (non-hydrogen) atoms. The van der Waals surface area contributed by atoms with Crippen molar-refractivity contribution in [1.82, 2.24) is 9.88 Å². The first-order chi connectivity index (χ1) is 10.2. The van der Waals surface area contributed by atoms with Crippen LogP contribution in [0.5, 0.6) is 5.75 Å². The molecule has 2 aromatic rings. The number of benzene rings is 1. The van der Waals surface area contributed by atoms with Crippen LogP contribution in [-0.2, 0) is 0 Å². The molecule has 1 fully saturated rings. The second-order valence-corrected chi connectivity index (χ2v) is 6.04. The van der Waals surface area contributed by atoms with E-state index in [0.29, 0.717) is 17.8 Å². The molecule has 0 unspecified atom stereocenters. The van der Waals surface area contributed by atoms with Gasteiger partial charge in [-0.2, -0.15) is 0 Å². The number of nitrogens with one attached hydrogen (secondary N) is 1. The molecule has 1 aromatic heterocycles. The fourth-order valence-electron chi connectivity index (χ4n) is 2.97. The molecular formula is C17H22N2O2. The van der Waals surface area contributed by atoms with Gasteiger partial charge in [0.25, 0.3) is 0 Å². The van der Waals surface area contributed by atoms with Gasteiger partial charge in [0.05, 0.1) is 5.69 Å². The maximum Gasteiger partial charge on any atom is 0.166 e. The zero-order valence-corrected chi connectivity index (χ0v) is 12.6. The zero-order valence-electron chi connectivity index (χ0n) is 12.6. The molecule has 4 heteroatoms. The molecule has 1 aliphatic rings. The van der Waals surface area contributed by atoms with Crippen molar-refractivity contribution < 1.29 is 9.53 Å². The minimum Gasteiger partial charge on any atom is -0.490 e. The third-order valence-corrected chi connectivity index (χ3v) is 4.25. The second kappa shape index (κ2) is 5.90. The van der Waals surface area contributed by atoms with Gasteiger partial charge in [-0.3, -0.25) is 4.79 Å². The van der Waals surface area contributed by atoms with Crippen LogP contribution in [0.25, 0.3) is 10.9 Å². The topological polar surface area (TPSA) is 45.3 Å². The number of rotatable bonds is 4. The summed E-state index contributed by atoms with van der Waals surface area (Å²) in [4.78, 5) is 16.4. The first-order valence-corrected chi connectivity index (χ1v) is 7.64. The van der Waals surface area contributed by atoms with Crippen LogP contribution in [0.3, 0.4) is 0 Å². The number of H-pyrrole nitrogens is 1. The summed E-state index contributed by atoms with van der Waals surface area (Å²) in [5.74, 6) is 0.891. The van der Waals surface area contributed by atoms with Crippen LogP contribution in [0.2, 0.25) is 0 Å². The molecule has 0 bridgehead atoms. The van der Waals surface area contributed by atoms with E-state index in [-0.39, 0.29) is 0 Å². The number of aromatic nitrogens is 1. The highest BCUT2D eigenvalue weighted by molar-refractivity contribution is 5.88. The van der Waals surface area contributed by atoms with Gasteiger partial charge in [-0.25, -0.2) is 0 Å². The van der Waals surface area contributed by atoms with Crippen LogP contribution < -0.4 is 4.74 Å². The zero-order chi connectivity index (χ0) is 14.8. The number of aldehydes is 1. The van der Waals surface area contributed by atoms with Gasteiger partial charge in [-0.15, -0.1) is 0 Å². The molecular weight excluding hydrogens is 264 g/mol. The van der Waals surface area contributed by atoms with Gasteiger partial charge in [0.15, 0.2) is 6.29 Å². The molecule has 1 aromatic carbocycles. The Morgan fingerprint density at radius 1 is 1.29 bits per heavy atom. The number of carbonyl (C=O) groups is 1. The molecule has 0 radical (unpaired) electrons. The number of hydrogen-bond acceptors (Lipinski definition) is 3. The lowest BCUT2D eigenvalue weighted by Crippen LogP contribution is -2.41. The minimum atomic E-state index is 0.293. The first-order valence-electron chi connectivity index (χ1n) is 7.64. The summed E-state index contributed by atoms with van der Waals surface area (Å²) in [5, 5.41) is 1.02. The van der Waals surface area contributed by atoms with E-state index in [2.05, 4.69) is 23.7 Å². The highest BCUT2D eigenvalue weighted by atomic mass is 16.5. The van der Waals surface area contributed by atoms with E-state index < -0.39 is 0 Å². The second-order valence-electron chi connectivity index (χ2n) is 6.04. The Morgan fingerprint density at radius 2 is 2.05 bits per heavy atom. The molecule has 0 aliphatic carbocycles. The van der Waals surface area contributed by atoms with Gasteiger partial charge in [-0.1, -0.05) is 0 Å². The third-order valence-electron chi connectivity index (χ3n) is 4.25. The predicted molar refractivity (Wildman–Crippen MR) is 84.0 cm³/mol. The minimum absolute atomic E-state index is 0.293. The monoisotopic (exact) mass is 286 g/mol. The van der Waals surface area contributed by atoms with Gasteiger partial charge >= 0.3 is 0 Å². The lowest BCUT2D eigenvalue weighted by Gasteiger charge is -2.34. The summed E-state index contributed by atoms with van der Waals surface area (Å²) in [6.45, 7) is 6.69. The molecule has 3 rings (SSSR count). The summed E-state index contributed by atoms with van der Waals surface area (Å²) < 4.78 is 6.11. The van der Waals surface area contributed by atoms with Gasteiger partial charge in [-0.05, 0) is 51.0 Å². The Morgan fingerprint density at radius 3 is 2.71 bits per heavy atom. The molecule has 0 saturated carbocycles. The molecule has 0 spiro atoms. The maximum atomic E-state index is 10.8. The highest BCUT2D eigenvalue weighted by Gasteiger charge is 2.22.